The van der Waals surface area contributed by atoms with Gasteiger partial charge >= 0.3 is 0 Å². The van der Waals surface area contributed by atoms with Crippen LogP contribution in [0.15, 0.2) is 28.7 Å². The summed E-state index contributed by atoms with van der Waals surface area (Å²) in [5.41, 5.74) is 1.50. The van der Waals surface area contributed by atoms with Crippen LogP contribution >= 0.6 is 46.3 Å². The van der Waals surface area contributed by atoms with Crippen molar-refractivity contribution in [3.8, 4) is 0 Å². The fourth-order valence-corrected chi connectivity index (χ4v) is 3.59. The predicted molar refractivity (Wildman–Crippen MR) is 76.7 cm³/mol. The molecule has 1 aromatic rings. The van der Waals surface area contributed by atoms with Gasteiger partial charge in [-0.1, -0.05) is 28.1 Å². The Bertz CT molecular complexity index is 287. The minimum absolute atomic E-state index is 0.139. The molecular formula is C10H13BrINS. The van der Waals surface area contributed by atoms with E-state index in [-0.39, 0.29) is 5.54 Å². The number of benzene rings is 1. The molecule has 0 aromatic heterocycles. The quantitative estimate of drug-likeness (QED) is 0.610. The minimum atomic E-state index is 0.139. The fourth-order valence-electron chi connectivity index (χ4n) is 1.25. The van der Waals surface area contributed by atoms with E-state index in [2.05, 4.69) is 80.0 Å². The van der Waals surface area contributed by atoms with Crippen LogP contribution in [-0.2, 0) is 6.42 Å². The van der Waals surface area contributed by atoms with E-state index in [9.17, 15) is 0 Å². The lowest BCUT2D eigenvalue weighted by Gasteiger charge is -2.24. The molecule has 0 spiro atoms. The maximum Gasteiger partial charge on any atom is 0.0274 e. The SMILES string of the molecule is CC(C)(Cc1ccc(Br)cc1)NSI. The molecule has 0 aliphatic rings. The molecule has 0 unspecified atom stereocenters. The molecule has 0 heterocycles. The lowest BCUT2D eigenvalue weighted by atomic mass is 9.96. The number of rotatable bonds is 4. The lowest BCUT2D eigenvalue weighted by Crippen LogP contribution is -2.35. The van der Waals surface area contributed by atoms with Crippen LogP contribution in [0.1, 0.15) is 19.4 Å². The van der Waals surface area contributed by atoms with E-state index in [0.717, 1.165) is 10.9 Å². The molecule has 0 bridgehead atoms. The van der Waals surface area contributed by atoms with Gasteiger partial charge in [0.05, 0.1) is 0 Å². The standard InChI is InChI=1S/C10H13BrINS/c1-10(2,13-14-12)7-8-3-5-9(11)6-4-8/h3-6,13H,7H2,1-2H3. The summed E-state index contributed by atoms with van der Waals surface area (Å²) in [5.74, 6) is 0. The number of hydrogen-bond donors (Lipinski definition) is 1. The Balaban J connectivity index is 2.64. The smallest absolute Gasteiger partial charge is 0.0274 e. The Hall–Kier alpha value is 0.740. The molecule has 0 saturated heterocycles. The first-order valence-electron chi connectivity index (χ1n) is 4.33. The van der Waals surface area contributed by atoms with Gasteiger partial charge in [-0.05, 0) is 47.1 Å². The van der Waals surface area contributed by atoms with Crippen LogP contribution in [0, 0.1) is 0 Å². The van der Waals surface area contributed by atoms with Crippen molar-refractivity contribution in [2.75, 3.05) is 0 Å². The Kier molecular flexibility index (Phi) is 5.24. The van der Waals surface area contributed by atoms with E-state index in [0.29, 0.717) is 0 Å². The average Bonchev–Trinajstić information content (AvgIpc) is 2.08. The van der Waals surface area contributed by atoms with E-state index in [1.54, 1.807) is 9.12 Å². The van der Waals surface area contributed by atoms with E-state index >= 15 is 0 Å². The summed E-state index contributed by atoms with van der Waals surface area (Å²) in [5, 5.41) is 0. The van der Waals surface area contributed by atoms with Crippen LogP contribution in [0.5, 0.6) is 0 Å². The van der Waals surface area contributed by atoms with Gasteiger partial charge in [0.25, 0.3) is 0 Å². The number of hydrogen-bond acceptors (Lipinski definition) is 2. The zero-order chi connectivity index (χ0) is 10.6. The topological polar surface area (TPSA) is 12.0 Å². The molecule has 0 radical (unpaired) electrons. The summed E-state index contributed by atoms with van der Waals surface area (Å²) in [6.07, 6.45) is 1.04. The first kappa shape index (κ1) is 12.8. The molecule has 1 N–H and O–H groups in total. The molecule has 1 nitrogen and oxygen atoms in total. The maximum absolute atomic E-state index is 3.43. The van der Waals surface area contributed by atoms with E-state index < -0.39 is 0 Å². The summed E-state index contributed by atoms with van der Waals surface area (Å²) >= 11 is 5.69. The van der Waals surface area contributed by atoms with Crippen molar-refractivity contribution in [1.29, 1.82) is 0 Å². The average molecular weight is 386 g/mol. The van der Waals surface area contributed by atoms with Crippen molar-refractivity contribution in [2.24, 2.45) is 0 Å². The largest absolute Gasteiger partial charge is 0.249 e. The summed E-state index contributed by atoms with van der Waals surface area (Å²) < 4.78 is 4.51. The molecule has 0 aliphatic carbocycles. The summed E-state index contributed by atoms with van der Waals surface area (Å²) in [4.78, 5) is 0. The highest BCUT2D eigenvalue weighted by atomic mass is 127. The van der Waals surface area contributed by atoms with Crippen LogP contribution < -0.4 is 4.72 Å². The molecule has 0 atom stereocenters. The first-order valence-corrected chi connectivity index (χ1v) is 8.48. The Labute approximate surface area is 110 Å². The first-order chi connectivity index (χ1) is 6.53. The second kappa shape index (κ2) is 5.72. The molecular weight excluding hydrogens is 373 g/mol. The highest BCUT2D eigenvalue weighted by Crippen LogP contribution is 2.19. The third kappa shape index (κ3) is 4.51. The van der Waals surface area contributed by atoms with Crippen LogP contribution in [-0.4, -0.2) is 5.54 Å². The van der Waals surface area contributed by atoms with Crippen molar-refractivity contribution in [2.45, 2.75) is 25.8 Å². The van der Waals surface area contributed by atoms with Gasteiger partial charge in [-0.25, -0.2) is 4.72 Å². The Morgan fingerprint density at radius 3 is 2.43 bits per heavy atom. The third-order valence-electron chi connectivity index (χ3n) is 1.87. The third-order valence-corrected chi connectivity index (χ3v) is 3.69. The molecule has 1 aromatic carbocycles. The monoisotopic (exact) mass is 385 g/mol. The number of halogens is 2. The molecule has 0 fully saturated rings. The van der Waals surface area contributed by atoms with Crippen LogP contribution in [0.4, 0.5) is 0 Å². The Morgan fingerprint density at radius 2 is 1.93 bits per heavy atom. The summed E-state index contributed by atoms with van der Waals surface area (Å²) in [6.45, 7) is 4.42. The second-order valence-corrected chi connectivity index (χ2v) is 6.46. The van der Waals surface area contributed by atoms with Gasteiger partial charge in [-0.3, -0.25) is 0 Å². The lowest BCUT2D eigenvalue weighted by molar-refractivity contribution is 0.480. The van der Waals surface area contributed by atoms with Crippen molar-refractivity contribution in [3.05, 3.63) is 34.3 Å². The van der Waals surface area contributed by atoms with Gasteiger partial charge in [0.15, 0.2) is 0 Å². The van der Waals surface area contributed by atoms with Crippen LogP contribution in [0.25, 0.3) is 0 Å². The van der Waals surface area contributed by atoms with Crippen molar-refractivity contribution < 1.29 is 0 Å². The highest BCUT2D eigenvalue weighted by molar-refractivity contribution is 14.2. The summed E-state index contributed by atoms with van der Waals surface area (Å²) in [6, 6.07) is 8.49. The van der Waals surface area contributed by atoms with Gasteiger partial charge in [-0.15, -0.1) is 0 Å². The van der Waals surface area contributed by atoms with Gasteiger partial charge in [0.1, 0.15) is 0 Å². The maximum atomic E-state index is 3.43. The number of nitrogens with one attached hydrogen (secondary N) is 1. The molecule has 1 rings (SSSR count). The van der Waals surface area contributed by atoms with E-state index in [1.807, 2.05) is 0 Å². The molecule has 4 heteroatoms. The summed E-state index contributed by atoms with van der Waals surface area (Å²) in [7, 11) is 1.64. The van der Waals surface area contributed by atoms with E-state index in [4.69, 9.17) is 0 Å². The molecule has 14 heavy (non-hydrogen) atoms. The molecule has 0 aliphatic heterocycles. The van der Waals surface area contributed by atoms with Crippen LogP contribution in [0.2, 0.25) is 0 Å². The Morgan fingerprint density at radius 1 is 1.36 bits per heavy atom. The second-order valence-electron chi connectivity index (χ2n) is 3.87. The normalized spacial score (nSPS) is 11.7. The van der Waals surface area contributed by atoms with E-state index in [1.165, 1.54) is 5.56 Å². The van der Waals surface area contributed by atoms with Crippen molar-refractivity contribution in [1.82, 2.24) is 4.72 Å². The van der Waals surface area contributed by atoms with Gasteiger partial charge in [-0.2, -0.15) is 0 Å². The van der Waals surface area contributed by atoms with Gasteiger partial charge in [0, 0.05) is 31.2 Å². The molecule has 78 valence electrons. The minimum Gasteiger partial charge on any atom is -0.249 e. The predicted octanol–water partition coefficient (Wildman–Crippen LogP) is 4.36. The highest BCUT2D eigenvalue weighted by Gasteiger charge is 2.17. The van der Waals surface area contributed by atoms with Crippen molar-refractivity contribution >= 4 is 46.3 Å². The van der Waals surface area contributed by atoms with Crippen molar-refractivity contribution in [3.63, 3.8) is 0 Å². The fraction of sp³-hybridized carbons (Fsp3) is 0.400. The molecule has 0 amide bonds. The zero-order valence-electron chi connectivity index (χ0n) is 8.18. The van der Waals surface area contributed by atoms with Crippen LogP contribution in [0.3, 0.4) is 0 Å². The van der Waals surface area contributed by atoms with Gasteiger partial charge < -0.3 is 0 Å². The van der Waals surface area contributed by atoms with Gasteiger partial charge in [0.2, 0.25) is 0 Å². The molecule has 0 saturated carbocycles. The zero-order valence-corrected chi connectivity index (χ0v) is 12.7.